The summed E-state index contributed by atoms with van der Waals surface area (Å²) in [5, 5.41) is 30.2. The lowest BCUT2D eigenvalue weighted by molar-refractivity contribution is -0.137. The monoisotopic (exact) mass is 586 g/mol. The molecule has 12 heteroatoms. The third kappa shape index (κ3) is 16.7. The van der Waals surface area contributed by atoms with Crippen molar-refractivity contribution in [3.8, 4) is 11.8 Å². The minimum Gasteiger partial charge on any atom is -0.481 e. The first kappa shape index (κ1) is 37.7. The maximum atomic E-state index is 12.5. The van der Waals surface area contributed by atoms with Crippen LogP contribution in [-0.2, 0) is 25.7 Å². The van der Waals surface area contributed by atoms with Crippen molar-refractivity contribution >= 4 is 23.8 Å². The van der Waals surface area contributed by atoms with E-state index in [0.29, 0.717) is 12.2 Å². The van der Waals surface area contributed by atoms with Gasteiger partial charge in [-0.05, 0) is 55.8 Å². The van der Waals surface area contributed by atoms with Crippen LogP contribution in [0, 0.1) is 11.8 Å². The number of nitrogens with one attached hydrogen (secondary N) is 3. The molecule has 0 unspecified atom stereocenters. The first-order valence-corrected chi connectivity index (χ1v) is 13.2. The fourth-order valence-electron chi connectivity index (χ4n) is 2.83. The number of carboxylic acids is 2. The molecule has 2 aromatic rings. The minimum absolute atomic E-state index is 0.222. The molecule has 2 rings (SSSR count). The Balaban J connectivity index is 0.00000144. The van der Waals surface area contributed by atoms with Gasteiger partial charge in [0.1, 0.15) is 6.04 Å². The van der Waals surface area contributed by atoms with Gasteiger partial charge in [0, 0.05) is 55.3 Å². The third-order valence-corrected chi connectivity index (χ3v) is 5.26. The number of aliphatic carboxylic acids is 2. The molecule has 1 atom stereocenters. The maximum Gasteiger partial charge on any atom is 0.303 e. The van der Waals surface area contributed by atoms with Gasteiger partial charge in [-0.1, -0.05) is 37.8 Å². The predicted molar refractivity (Wildman–Crippen MR) is 158 cm³/mol. The number of amides is 2. The molecule has 2 aromatic carbocycles. The van der Waals surface area contributed by atoms with Crippen molar-refractivity contribution in [2.75, 3.05) is 20.3 Å². The zero-order valence-corrected chi connectivity index (χ0v) is 24.7. The summed E-state index contributed by atoms with van der Waals surface area (Å²) in [4.78, 5) is 43.0. The van der Waals surface area contributed by atoms with Gasteiger partial charge in [-0.2, -0.15) is 0 Å². The van der Waals surface area contributed by atoms with Crippen LogP contribution >= 0.6 is 0 Å². The molecule has 8 N–H and O–H groups in total. The molecule has 0 aliphatic carbocycles. The molecule has 230 valence electrons. The first-order valence-electron chi connectivity index (χ1n) is 13.2. The minimum atomic E-state index is -1.10. The number of carbonyl (C=O) groups excluding carboxylic acids is 2. The molecule has 0 aliphatic rings. The first-order chi connectivity index (χ1) is 19.8. The number of nitrogens with two attached hydrogens (primary N) is 1. The van der Waals surface area contributed by atoms with Gasteiger partial charge in [-0.25, -0.2) is 5.48 Å². The summed E-state index contributed by atoms with van der Waals surface area (Å²) < 4.78 is 5.00. The summed E-state index contributed by atoms with van der Waals surface area (Å²) in [7, 11) is 1.67. The number of ether oxygens (including phenoxy) is 1. The molecule has 0 saturated carbocycles. The highest BCUT2D eigenvalue weighted by Gasteiger charge is 2.33. The van der Waals surface area contributed by atoms with E-state index >= 15 is 0 Å². The molecule has 42 heavy (non-hydrogen) atoms. The number of hydrogen-bond acceptors (Lipinski definition) is 8. The van der Waals surface area contributed by atoms with Crippen molar-refractivity contribution in [1.29, 1.82) is 0 Å². The number of hydroxylamine groups is 1. The van der Waals surface area contributed by atoms with Gasteiger partial charge in [0.05, 0.1) is 6.61 Å². The van der Waals surface area contributed by atoms with E-state index in [2.05, 4.69) is 22.5 Å². The Hall–Kier alpha value is -4.28. The van der Waals surface area contributed by atoms with Gasteiger partial charge in [0.2, 0.25) is 0 Å². The van der Waals surface area contributed by atoms with E-state index in [9.17, 15) is 19.2 Å². The van der Waals surface area contributed by atoms with Gasteiger partial charge < -0.3 is 31.3 Å². The molecule has 0 aliphatic heterocycles. The number of carboxylic acid groups (broad SMARTS) is 2. The van der Waals surface area contributed by atoms with Gasteiger partial charge in [-0.3, -0.25) is 24.4 Å². The number of rotatable bonds is 11. The fourth-order valence-corrected chi connectivity index (χ4v) is 2.83. The maximum absolute atomic E-state index is 12.5. The van der Waals surface area contributed by atoms with Gasteiger partial charge in [-0.15, -0.1) is 0 Å². The molecule has 0 spiro atoms. The van der Waals surface area contributed by atoms with E-state index in [4.69, 9.17) is 25.9 Å². The van der Waals surface area contributed by atoms with E-state index in [1.165, 1.54) is 5.48 Å². The molecular formula is C30H42N4O8. The van der Waals surface area contributed by atoms with Crippen molar-refractivity contribution in [3.05, 3.63) is 70.8 Å². The van der Waals surface area contributed by atoms with E-state index < -0.39 is 35.3 Å². The summed E-state index contributed by atoms with van der Waals surface area (Å²) in [6.45, 7) is 8.60. The average molecular weight is 587 g/mol. The summed E-state index contributed by atoms with van der Waals surface area (Å²) >= 11 is 0. The van der Waals surface area contributed by atoms with Crippen LogP contribution in [0.5, 0.6) is 0 Å². The molecule has 0 radical (unpaired) electrons. The SMILES string of the molecule is CCC(=O)O.CCC(=O)O.COCCNCc1ccc(C#Cc2ccc(C(=O)N[C@H](C(=O)NO)C(C)(C)N)cc2)cc1. The molecule has 0 heterocycles. The molecule has 0 fully saturated rings. The van der Waals surface area contributed by atoms with Crippen molar-refractivity contribution in [2.45, 2.75) is 58.7 Å². The van der Waals surface area contributed by atoms with Crippen molar-refractivity contribution in [2.24, 2.45) is 5.73 Å². The second kappa shape index (κ2) is 20.6. The fraction of sp³-hybridized carbons (Fsp3) is 0.400. The van der Waals surface area contributed by atoms with Crippen LogP contribution in [0.3, 0.4) is 0 Å². The molecular weight excluding hydrogens is 544 g/mol. The Bertz CT molecular complexity index is 1170. The average Bonchev–Trinajstić information content (AvgIpc) is 2.97. The molecule has 0 bridgehead atoms. The Kier molecular flexibility index (Phi) is 18.5. The van der Waals surface area contributed by atoms with Crippen LogP contribution in [0.25, 0.3) is 0 Å². The van der Waals surface area contributed by atoms with Gasteiger partial charge in [0.25, 0.3) is 11.8 Å². The largest absolute Gasteiger partial charge is 0.481 e. The number of benzene rings is 2. The van der Waals surface area contributed by atoms with Crippen LogP contribution in [0.15, 0.2) is 48.5 Å². The van der Waals surface area contributed by atoms with Crippen molar-refractivity contribution < 1.29 is 39.3 Å². The molecule has 0 aromatic heterocycles. The van der Waals surface area contributed by atoms with E-state index in [1.54, 1.807) is 59.1 Å². The Morgan fingerprint density at radius 3 is 1.74 bits per heavy atom. The number of carbonyl (C=O) groups is 4. The normalized spacial score (nSPS) is 10.7. The summed E-state index contributed by atoms with van der Waals surface area (Å²) in [6, 6.07) is 13.6. The smallest absolute Gasteiger partial charge is 0.303 e. The molecule has 12 nitrogen and oxygen atoms in total. The second-order valence-corrected chi connectivity index (χ2v) is 9.39. The second-order valence-electron chi connectivity index (χ2n) is 9.39. The Labute approximate surface area is 246 Å². The number of methoxy groups -OCH3 is 1. The van der Waals surface area contributed by atoms with Crippen LogP contribution < -0.4 is 21.8 Å². The lowest BCUT2D eigenvalue weighted by Crippen LogP contribution is -2.61. The third-order valence-electron chi connectivity index (χ3n) is 5.26. The lowest BCUT2D eigenvalue weighted by atomic mass is 9.95. The summed E-state index contributed by atoms with van der Waals surface area (Å²) in [5.74, 6) is 3.41. The van der Waals surface area contributed by atoms with Gasteiger partial charge >= 0.3 is 11.9 Å². The predicted octanol–water partition coefficient (Wildman–Crippen LogP) is 2.13. The Morgan fingerprint density at radius 1 is 0.905 bits per heavy atom. The van der Waals surface area contributed by atoms with Crippen LogP contribution in [-0.4, -0.2) is 71.0 Å². The quantitative estimate of drug-likeness (QED) is 0.0885. The van der Waals surface area contributed by atoms with E-state index in [1.807, 2.05) is 24.3 Å². The van der Waals surface area contributed by atoms with Crippen LogP contribution in [0.4, 0.5) is 0 Å². The summed E-state index contributed by atoms with van der Waals surface area (Å²) in [6.07, 6.45) is 0.444. The molecule has 0 saturated heterocycles. The number of hydrogen-bond donors (Lipinski definition) is 7. The lowest BCUT2D eigenvalue weighted by Gasteiger charge is -2.29. The standard InChI is InChI=1S/C24H30N4O4.2C3H6O2/c1-24(2,25)21(23(30)28-31)27-22(29)20-12-10-18(11-13-20)5-4-17-6-8-19(9-7-17)16-26-14-15-32-3;2*1-2-3(4)5/h6-13,21,26,31H,14-16,25H2,1-3H3,(H,27,29)(H,28,30);2*2H2,1H3,(H,4,5)/t21-;;/m1../s1. The zero-order chi connectivity index (χ0) is 32.1. The van der Waals surface area contributed by atoms with Crippen molar-refractivity contribution in [1.82, 2.24) is 16.1 Å². The summed E-state index contributed by atoms with van der Waals surface area (Å²) in [5.41, 5.74) is 9.54. The van der Waals surface area contributed by atoms with Crippen LogP contribution in [0.2, 0.25) is 0 Å². The molecule has 2 amide bonds. The van der Waals surface area contributed by atoms with E-state index in [-0.39, 0.29) is 12.8 Å². The van der Waals surface area contributed by atoms with Crippen molar-refractivity contribution in [3.63, 3.8) is 0 Å². The Morgan fingerprint density at radius 2 is 1.36 bits per heavy atom. The topological polar surface area (TPSA) is 200 Å². The highest BCUT2D eigenvalue weighted by atomic mass is 16.5. The highest BCUT2D eigenvalue weighted by Crippen LogP contribution is 2.09. The van der Waals surface area contributed by atoms with Crippen LogP contribution in [0.1, 0.15) is 67.6 Å². The van der Waals surface area contributed by atoms with Gasteiger partial charge in [0.15, 0.2) is 0 Å². The highest BCUT2D eigenvalue weighted by molar-refractivity contribution is 5.97. The zero-order valence-electron chi connectivity index (χ0n) is 24.7. The van der Waals surface area contributed by atoms with E-state index in [0.717, 1.165) is 29.8 Å².